The van der Waals surface area contributed by atoms with Gasteiger partial charge in [-0.1, -0.05) is 0 Å². The van der Waals surface area contributed by atoms with Gasteiger partial charge in [-0.3, -0.25) is 4.90 Å². The Hall–Kier alpha value is -0.770. The van der Waals surface area contributed by atoms with Crippen molar-refractivity contribution < 1.29 is 9.53 Å². The van der Waals surface area contributed by atoms with E-state index in [2.05, 4.69) is 4.90 Å². The molecule has 2 atom stereocenters. The highest BCUT2D eigenvalue weighted by atomic mass is 16.6. The topological polar surface area (TPSA) is 32.8 Å². The van der Waals surface area contributed by atoms with Gasteiger partial charge in [-0.15, -0.1) is 0 Å². The average molecular weight is 266 g/mol. The molecule has 0 aromatic rings. The van der Waals surface area contributed by atoms with Gasteiger partial charge in [0.05, 0.1) is 0 Å². The van der Waals surface area contributed by atoms with Crippen LogP contribution in [0.25, 0.3) is 0 Å². The summed E-state index contributed by atoms with van der Waals surface area (Å²) in [6, 6.07) is 0.591. The van der Waals surface area contributed by atoms with Crippen LogP contribution in [0.3, 0.4) is 0 Å². The Bertz CT molecular complexity index is 356. The molecular formula is C15H26N2O2. The fourth-order valence-electron chi connectivity index (χ4n) is 4.06. The number of piperidine rings is 4. The Labute approximate surface area is 116 Å². The van der Waals surface area contributed by atoms with E-state index in [1.54, 1.807) is 0 Å². The highest BCUT2D eigenvalue weighted by Crippen LogP contribution is 2.41. The summed E-state index contributed by atoms with van der Waals surface area (Å²) in [5.41, 5.74) is -0.389. The molecule has 4 fully saturated rings. The third-order valence-electron chi connectivity index (χ3n) is 4.93. The number of carbonyl (C=O) groups excluding carboxylic acids is 1. The molecule has 0 aromatic heterocycles. The van der Waals surface area contributed by atoms with E-state index in [0.717, 1.165) is 31.3 Å². The molecule has 4 heterocycles. The van der Waals surface area contributed by atoms with Gasteiger partial charge in [-0.05, 0) is 65.0 Å². The van der Waals surface area contributed by atoms with Crippen LogP contribution in [-0.4, -0.2) is 53.7 Å². The maximum absolute atomic E-state index is 12.2. The number of amides is 1. The first kappa shape index (κ1) is 13.2. The van der Waals surface area contributed by atoms with E-state index >= 15 is 0 Å². The number of fused-ring (bicyclic) bond motifs is 2. The van der Waals surface area contributed by atoms with Gasteiger partial charge >= 0.3 is 6.09 Å². The summed E-state index contributed by atoms with van der Waals surface area (Å²) in [7, 11) is 0. The van der Waals surface area contributed by atoms with Crippen LogP contribution >= 0.6 is 0 Å². The van der Waals surface area contributed by atoms with Gasteiger partial charge in [0, 0.05) is 19.1 Å². The fourth-order valence-corrected chi connectivity index (χ4v) is 4.06. The molecule has 1 amide bonds. The average Bonchev–Trinajstić information content (AvgIpc) is 2.38. The van der Waals surface area contributed by atoms with Crippen molar-refractivity contribution >= 4 is 6.09 Å². The van der Waals surface area contributed by atoms with Crippen LogP contribution in [0, 0.1) is 11.8 Å². The predicted octanol–water partition coefficient (Wildman–Crippen LogP) is 2.34. The maximum Gasteiger partial charge on any atom is 0.410 e. The smallest absolute Gasteiger partial charge is 0.410 e. The second kappa shape index (κ2) is 4.65. The van der Waals surface area contributed by atoms with Gasteiger partial charge in [0.25, 0.3) is 0 Å². The van der Waals surface area contributed by atoms with Crippen molar-refractivity contribution in [2.24, 2.45) is 11.8 Å². The number of rotatable bonds is 0. The van der Waals surface area contributed by atoms with Gasteiger partial charge in [-0.25, -0.2) is 4.79 Å². The molecule has 0 N–H and O–H groups in total. The van der Waals surface area contributed by atoms with Crippen LogP contribution in [0.5, 0.6) is 0 Å². The zero-order valence-electron chi connectivity index (χ0n) is 12.4. The van der Waals surface area contributed by atoms with Gasteiger partial charge in [0.15, 0.2) is 0 Å². The fraction of sp³-hybridized carbons (Fsp3) is 0.933. The quantitative estimate of drug-likeness (QED) is 0.674. The van der Waals surface area contributed by atoms with Crippen molar-refractivity contribution in [2.75, 3.05) is 26.2 Å². The third kappa shape index (κ3) is 2.60. The van der Waals surface area contributed by atoms with Crippen molar-refractivity contribution in [1.82, 2.24) is 9.80 Å². The Kier molecular flexibility index (Phi) is 3.24. The Morgan fingerprint density at radius 2 is 1.79 bits per heavy atom. The van der Waals surface area contributed by atoms with Crippen molar-refractivity contribution in [3.8, 4) is 0 Å². The third-order valence-corrected chi connectivity index (χ3v) is 4.93. The van der Waals surface area contributed by atoms with Crippen LogP contribution in [0.4, 0.5) is 4.79 Å². The van der Waals surface area contributed by atoms with E-state index in [1.165, 1.54) is 25.9 Å². The van der Waals surface area contributed by atoms with Gasteiger partial charge in [0.2, 0.25) is 0 Å². The van der Waals surface area contributed by atoms with Crippen molar-refractivity contribution in [2.45, 2.75) is 51.7 Å². The molecule has 0 radical (unpaired) electrons. The lowest BCUT2D eigenvalue weighted by molar-refractivity contribution is -0.0591. The first-order valence-corrected chi connectivity index (χ1v) is 7.66. The summed E-state index contributed by atoms with van der Waals surface area (Å²) < 4.78 is 5.51. The van der Waals surface area contributed by atoms with Crippen LogP contribution in [0.15, 0.2) is 0 Å². The second-order valence-electron chi connectivity index (χ2n) is 7.32. The lowest BCUT2D eigenvalue weighted by Gasteiger charge is -2.54. The monoisotopic (exact) mass is 266 g/mol. The summed E-state index contributed by atoms with van der Waals surface area (Å²) in [5, 5.41) is 0. The van der Waals surface area contributed by atoms with Crippen molar-refractivity contribution in [3.63, 3.8) is 0 Å². The minimum absolute atomic E-state index is 0.131. The number of nitrogens with zero attached hydrogens (tertiary/aromatic N) is 2. The van der Waals surface area contributed by atoms with Crippen LogP contribution < -0.4 is 0 Å². The number of carbonyl (C=O) groups is 1. The summed E-state index contributed by atoms with van der Waals surface area (Å²) >= 11 is 0. The molecule has 4 nitrogen and oxygen atoms in total. The molecule has 4 aliphatic heterocycles. The molecular weight excluding hydrogens is 240 g/mol. The first-order chi connectivity index (χ1) is 8.94. The van der Waals surface area contributed by atoms with E-state index < -0.39 is 0 Å². The van der Waals surface area contributed by atoms with E-state index in [0.29, 0.717) is 6.04 Å². The van der Waals surface area contributed by atoms with Crippen LogP contribution in [-0.2, 0) is 4.74 Å². The van der Waals surface area contributed by atoms with Crippen LogP contribution in [0.2, 0.25) is 0 Å². The van der Waals surface area contributed by atoms with E-state index in [9.17, 15) is 4.79 Å². The molecule has 19 heavy (non-hydrogen) atoms. The largest absolute Gasteiger partial charge is 0.444 e. The molecule has 4 aliphatic rings. The summed E-state index contributed by atoms with van der Waals surface area (Å²) in [5.74, 6) is 1.73. The summed E-state index contributed by atoms with van der Waals surface area (Å²) in [6.45, 7) is 10.0. The standard InChI is InChI=1S/C15H26N2O2/c1-15(2,3)19-14(18)17-9-6-12-11-4-7-16(8-5-11)13(12)10-17/h11-13H,4-10H2,1-3H3. The van der Waals surface area contributed by atoms with Gasteiger partial charge < -0.3 is 9.64 Å². The molecule has 0 saturated carbocycles. The second-order valence-corrected chi connectivity index (χ2v) is 7.32. The van der Waals surface area contributed by atoms with Gasteiger partial charge in [-0.2, -0.15) is 0 Å². The first-order valence-electron chi connectivity index (χ1n) is 7.66. The SMILES string of the molecule is CC(C)(C)OC(=O)N1CCC2C3CCN(CC3)C2C1. The normalized spacial score (nSPS) is 37.9. The van der Waals surface area contributed by atoms with Crippen LogP contribution in [0.1, 0.15) is 40.0 Å². The highest BCUT2D eigenvalue weighted by Gasteiger charge is 2.45. The van der Waals surface area contributed by atoms with Crippen molar-refractivity contribution in [1.29, 1.82) is 0 Å². The summed E-state index contributed by atoms with van der Waals surface area (Å²) in [6.07, 6.45) is 3.76. The Balaban J connectivity index is 1.64. The molecule has 4 heteroatoms. The molecule has 0 aromatic carbocycles. The number of hydrogen-bond acceptors (Lipinski definition) is 3. The number of hydrogen-bond donors (Lipinski definition) is 0. The van der Waals surface area contributed by atoms with E-state index in [1.807, 2.05) is 25.7 Å². The molecule has 2 unspecified atom stereocenters. The molecule has 108 valence electrons. The maximum atomic E-state index is 12.2. The predicted molar refractivity (Wildman–Crippen MR) is 74.0 cm³/mol. The molecule has 0 spiro atoms. The van der Waals surface area contributed by atoms with E-state index in [4.69, 9.17) is 4.74 Å². The number of ether oxygens (including phenoxy) is 1. The molecule has 4 saturated heterocycles. The highest BCUT2D eigenvalue weighted by molar-refractivity contribution is 5.68. The Morgan fingerprint density at radius 3 is 2.42 bits per heavy atom. The zero-order valence-corrected chi connectivity index (χ0v) is 12.4. The molecule has 4 rings (SSSR count). The molecule has 0 aliphatic carbocycles. The number of likely N-dealkylation sites (tertiary alicyclic amines) is 1. The summed E-state index contributed by atoms with van der Waals surface area (Å²) in [4.78, 5) is 16.7. The minimum Gasteiger partial charge on any atom is -0.444 e. The zero-order chi connectivity index (χ0) is 13.6. The Morgan fingerprint density at radius 1 is 1.11 bits per heavy atom. The lowest BCUT2D eigenvalue weighted by Crippen LogP contribution is -2.62. The molecule has 2 bridgehead atoms. The van der Waals surface area contributed by atoms with Crippen molar-refractivity contribution in [3.05, 3.63) is 0 Å². The van der Waals surface area contributed by atoms with Gasteiger partial charge in [0.1, 0.15) is 5.60 Å². The lowest BCUT2D eigenvalue weighted by atomic mass is 9.70. The van der Waals surface area contributed by atoms with E-state index in [-0.39, 0.29) is 11.7 Å². The minimum atomic E-state index is -0.389.